The van der Waals surface area contributed by atoms with Gasteiger partial charge in [-0.1, -0.05) is 4.31 Å². The first-order valence-corrected chi connectivity index (χ1v) is 18.3. The number of aliphatic hydroxyl groups excluding tert-OH is 2. The highest BCUT2D eigenvalue weighted by Gasteiger charge is 2.63. The second-order valence-electron chi connectivity index (χ2n) is 10.2. The fraction of sp³-hybridized carbons (Fsp3) is 0.571. The number of ether oxygens (including phenoxy) is 2. The van der Waals surface area contributed by atoms with Crippen LogP contribution >= 0.6 is 24.9 Å². The first-order valence-electron chi connectivity index (χ1n) is 14.1. The number of carbonyl (C=O) groups excluding carboxylic acids is 1. The smallest absolute Gasteiger partial charge is 0.387 e. The Morgan fingerprint density at radius 1 is 1.22 bits per heavy atom. The van der Waals surface area contributed by atoms with Crippen molar-refractivity contribution >= 4 is 54.3 Å². The Morgan fingerprint density at radius 2 is 1.96 bits per heavy atom. The van der Waals surface area contributed by atoms with Gasteiger partial charge < -0.3 is 52.0 Å². The molecule has 7 unspecified atom stereocenters. The number of H-pyrrole nitrogens is 1. The van der Waals surface area contributed by atoms with Crippen LogP contribution < -0.4 is 33.0 Å². The molecule has 4 rings (SSSR count). The van der Waals surface area contributed by atoms with Gasteiger partial charge in [-0.3, -0.25) is 24.1 Å². The molecular weight excluding hydrogens is 741 g/mol. The van der Waals surface area contributed by atoms with E-state index in [9.17, 15) is 44.3 Å². The van der Waals surface area contributed by atoms with E-state index in [-0.39, 0.29) is 41.2 Å². The van der Waals surface area contributed by atoms with Crippen molar-refractivity contribution in [3.05, 3.63) is 28.2 Å². The third-order valence-corrected chi connectivity index (χ3v) is 10.6. The quantitative estimate of drug-likeness (QED) is 0.0139. The molecule has 2 aliphatic heterocycles. The Labute approximate surface area is 283 Å². The first-order chi connectivity index (χ1) is 23.6. The number of aliphatic hydroxyl groups is 2. The van der Waals surface area contributed by atoms with Gasteiger partial charge in [-0.2, -0.15) is 24.6 Å². The summed E-state index contributed by atoms with van der Waals surface area (Å²) in [4.78, 5) is 92.6. The van der Waals surface area contributed by atoms with Gasteiger partial charge in [0.15, 0.2) is 29.6 Å². The van der Waals surface area contributed by atoms with E-state index < -0.39 is 74.0 Å². The highest BCUT2D eigenvalue weighted by molar-refractivity contribution is 7.71. The molecular formula is C21H37N10O16P3+2. The van der Waals surface area contributed by atoms with Crippen LogP contribution in [0.2, 0.25) is 0 Å². The minimum Gasteiger partial charge on any atom is -0.387 e. The number of guanidine groups is 1. The summed E-state index contributed by atoms with van der Waals surface area (Å²) >= 11 is 0. The molecule has 0 saturated carbocycles. The summed E-state index contributed by atoms with van der Waals surface area (Å²) in [6, 6.07) is 0. The summed E-state index contributed by atoms with van der Waals surface area (Å²) in [6.45, 7) is -1.17. The SMILES string of the molecule is CN=C(N)N/C(NC1OC(CO[P+](O)(O)O[P+](O)(O)OP(O)OOCC2CCC(n3cnc4c(=O)[nH]c(N)nc43)O2)C(O)C1O)=C(\C=O)NC. The Kier molecular flexibility index (Phi) is 13.7. The topological polar surface area (TPSA) is 387 Å². The summed E-state index contributed by atoms with van der Waals surface area (Å²) in [6.07, 6.45) is -4.78. The number of hydrogen-bond acceptors (Lipinski definition) is 22. The molecule has 0 aromatic carbocycles. The number of nitrogens with zero attached hydrogens (tertiary/aromatic N) is 4. The van der Waals surface area contributed by atoms with Crippen molar-refractivity contribution in [1.29, 1.82) is 0 Å². The summed E-state index contributed by atoms with van der Waals surface area (Å²) in [7, 11) is -10.9. The maximum absolute atomic E-state index is 12.0. The van der Waals surface area contributed by atoms with E-state index in [1.54, 1.807) is 0 Å². The van der Waals surface area contributed by atoms with Crippen molar-refractivity contribution in [3.8, 4) is 0 Å². The zero-order chi connectivity index (χ0) is 36.8. The van der Waals surface area contributed by atoms with Gasteiger partial charge in [0, 0.05) is 14.1 Å². The van der Waals surface area contributed by atoms with Gasteiger partial charge in [0.1, 0.15) is 49.3 Å². The molecule has 280 valence electrons. The largest absolute Gasteiger partial charge is 0.628 e. The number of likely N-dealkylation sites (N-methyl/N-ethyl adjacent to an activating group) is 1. The molecule has 29 heteroatoms. The molecule has 15 N–H and O–H groups in total. The number of aliphatic imine (C=N–C) groups is 1. The standard InChI is InChI=1S/C21H35N10O16P3/c1-24-10(5-32)16(28-20(22)25-2)27-19-15(34)14(33)11(44-19)7-42-49(37,38)47-50(39,40)46-48(36)45-41-6-9-3-4-12(43-9)31-8-26-13-17(31)29-21(23)30-18(13)35/h5,8-9,11-12,14-15,19,24,33-34,36-40H,3-4,6-7H2,1-2H3,(H5-2,22,23,25,27,28,29,30,32,35)/p+2. The number of carbonyl (C=O) groups is 1. The molecule has 26 nitrogen and oxygen atoms in total. The summed E-state index contributed by atoms with van der Waals surface area (Å²) in [5.41, 5.74) is 10.9. The molecule has 0 aliphatic carbocycles. The van der Waals surface area contributed by atoms with E-state index in [1.807, 2.05) is 0 Å². The molecule has 7 atom stereocenters. The minimum atomic E-state index is -5.25. The van der Waals surface area contributed by atoms with Gasteiger partial charge in [-0.05, 0) is 12.8 Å². The molecule has 2 fully saturated rings. The lowest BCUT2D eigenvalue weighted by molar-refractivity contribution is -0.233. The highest BCUT2D eigenvalue weighted by Crippen LogP contribution is 2.73. The maximum Gasteiger partial charge on any atom is 0.628 e. The Bertz CT molecular complexity index is 1600. The van der Waals surface area contributed by atoms with Crippen LogP contribution in [0.4, 0.5) is 5.95 Å². The molecule has 0 spiro atoms. The zero-order valence-electron chi connectivity index (χ0n) is 26.0. The minimum absolute atomic E-state index is 0.0627. The highest BCUT2D eigenvalue weighted by atomic mass is 31.3. The molecule has 0 radical (unpaired) electrons. The number of imidazole rings is 1. The molecule has 2 aromatic rings. The van der Waals surface area contributed by atoms with Gasteiger partial charge >= 0.3 is 24.9 Å². The van der Waals surface area contributed by atoms with Crippen LogP contribution in [0.5, 0.6) is 0 Å². The van der Waals surface area contributed by atoms with Gasteiger partial charge in [0.25, 0.3) is 5.56 Å². The lowest BCUT2D eigenvalue weighted by atomic mass is 10.1. The summed E-state index contributed by atoms with van der Waals surface area (Å²) in [5.74, 6) is -0.331. The van der Waals surface area contributed by atoms with E-state index in [2.05, 4.69) is 49.2 Å². The number of nitrogens with two attached hydrogens (primary N) is 2. The van der Waals surface area contributed by atoms with Crippen LogP contribution in [0.15, 0.2) is 27.6 Å². The first kappa shape index (κ1) is 39.9. The third-order valence-electron chi connectivity index (χ3n) is 6.81. The number of nitrogen functional groups attached to an aromatic ring is 1. The average Bonchev–Trinajstić information content (AvgIpc) is 3.74. The molecule has 0 bridgehead atoms. The van der Waals surface area contributed by atoms with Gasteiger partial charge in [0.2, 0.25) is 5.95 Å². The second kappa shape index (κ2) is 17.1. The zero-order valence-corrected chi connectivity index (χ0v) is 28.7. The molecule has 2 saturated heterocycles. The van der Waals surface area contributed by atoms with Crippen molar-refractivity contribution < 1.29 is 71.7 Å². The average molecular weight is 779 g/mol. The normalized spacial score (nSPS) is 25.8. The second-order valence-corrected chi connectivity index (χ2v) is 14.4. The van der Waals surface area contributed by atoms with Crippen LogP contribution in [0.3, 0.4) is 0 Å². The molecule has 2 aromatic heterocycles. The van der Waals surface area contributed by atoms with Crippen LogP contribution in [-0.2, 0) is 37.0 Å². The fourth-order valence-corrected chi connectivity index (χ4v) is 7.54. The van der Waals surface area contributed by atoms with Gasteiger partial charge in [0.05, 0.1) is 16.7 Å². The van der Waals surface area contributed by atoms with Crippen LogP contribution in [-0.4, -0.2) is 124 Å². The van der Waals surface area contributed by atoms with Crippen LogP contribution in [0.1, 0.15) is 19.1 Å². The Hall–Kier alpha value is -2.84. The molecule has 50 heavy (non-hydrogen) atoms. The molecule has 0 amide bonds. The van der Waals surface area contributed by atoms with E-state index in [1.165, 1.54) is 25.0 Å². The Balaban J connectivity index is 1.21. The van der Waals surface area contributed by atoms with Crippen molar-refractivity contribution in [2.75, 3.05) is 33.0 Å². The van der Waals surface area contributed by atoms with E-state index in [0.717, 1.165) is 0 Å². The monoisotopic (exact) mass is 778 g/mol. The lowest BCUT2D eigenvalue weighted by Crippen LogP contribution is -2.47. The van der Waals surface area contributed by atoms with Crippen molar-refractivity contribution in [2.24, 2.45) is 10.7 Å². The predicted molar refractivity (Wildman–Crippen MR) is 169 cm³/mol. The number of hydrogen-bond donors (Lipinski definition) is 13. The third kappa shape index (κ3) is 10.4. The van der Waals surface area contributed by atoms with Crippen molar-refractivity contribution in [3.63, 3.8) is 0 Å². The number of aromatic nitrogens is 4. The van der Waals surface area contributed by atoms with E-state index in [4.69, 9.17) is 30.4 Å². The van der Waals surface area contributed by atoms with Crippen LogP contribution in [0, 0.1) is 0 Å². The van der Waals surface area contributed by atoms with Crippen molar-refractivity contribution in [2.45, 2.75) is 49.7 Å². The van der Waals surface area contributed by atoms with Crippen LogP contribution in [0.25, 0.3) is 11.2 Å². The maximum atomic E-state index is 12.0. The lowest BCUT2D eigenvalue weighted by Gasteiger charge is -2.22. The fourth-order valence-electron chi connectivity index (χ4n) is 4.53. The number of aldehydes is 1. The van der Waals surface area contributed by atoms with Gasteiger partial charge in [-0.15, -0.1) is 9.20 Å². The van der Waals surface area contributed by atoms with E-state index >= 15 is 0 Å². The molecule has 2 aliphatic rings. The Morgan fingerprint density at radius 3 is 2.64 bits per heavy atom. The number of fused-ring (bicyclic) bond motifs is 1. The summed E-state index contributed by atoms with van der Waals surface area (Å²) in [5, 5.41) is 28.6. The summed E-state index contributed by atoms with van der Waals surface area (Å²) < 4.78 is 30.9. The predicted octanol–water partition coefficient (Wildman–Crippen LogP) is -3.92. The number of rotatable bonds is 17. The van der Waals surface area contributed by atoms with Crippen molar-refractivity contribution in [1.82, 2.24) is 35.5 Å². The van der Waals surface area contributed by atoms with Gasteiger partial charge in [-0.25, -0.2) is 9.87 Å². The number of aromatic amines is 1. The number of nitrogens with one attached hydrogen (secondary N) is 4. The van der Waals surface area contributed by atoms with E-state index in [0.29, 0.717) is 19.1 Å². The number of anilines is 1. The number of allylic oxidation sites excluding steroid dienone is 1. The molecule has 4 heterocycles.